The SMILES string of the molecule is CC(C)CNC/C=C/C(=O)N1CCc2c(sc3ncnc(Nc4ccc5c(ccn5Cc5ccccn5)c4)c23)C1. The average molecular weight is 552 g/mol. The fraction of sp³-hybridized carbons (Fsp3) is 0.290. The molecule has 6 rings (SSSR count). The molecule has 8 nitrogen and oxygen atoms in total. The van der Waals surface area contributed by atoms with Crippen LogP contribution >= 0.6 is 11.3 Å². The lowest BCUT2D eigenvalue weighted by atomic mass is 10.0. The van der Waals surface area contributed by atoms with Crippen LogP contribution in [0.4, 0.5) is 11.5 Å². The van der Waals surface area contributed by atoms with Gasteiger partial charge in [0.2, 0.25) is 5.91 Å². The standard InChI is InChI=1S/C31H33N7OS/c1-21(2)17-32-12-5-7-28(39)38-15-11-25-27(19-38)40-31-29(25)30(34-20-35-31)36-23-8-9-26-22(16-23)10-14-37(26)18-24-6-3-4-13-33-24/h3-10,13-14,16,20-21,32H,11-12,15,17-19H2,1-2H3,(H,34,35,36)/b7-5+. The number of pyridine rings is 1. The maximum Gasteiger partial charge on any atom is 0.246 e. The molecule has 0 fully saturated rings. The van der Waals surface area contributed by atoms with E-state index in [-0.39, 0.29) is 5.91 Å². The molecule has 4 aromatic heterocycles. The summed E-state index contributed by atoms with van der Waals surface area (Å²) in [7, 11) is 0. The predicted octanol–water partition coefficient (Wildman–Crippen LogP) is 5.52. The van der Waals surface area contributed by atoms with Crippen molar-refractivity contribution in [2.24, 2.45) is 5.92 Å². The minimum atomic E-state index is 0.0576. The Kier molecular flexibility index (Phi) is 7.57. The summed E-state index contributed by atoms with van der Waals surface area (Å²) in [4.78, 5) is 30.5. The molecule has 0 unspecified atom stereocenters. The van der Waals surface area contributed by atoms with Crippen LogP contribution < -0.4 is 10.6 Å². The van der Waals surface area contributed by atoms with Gasteiger partial charge in [-0.05, 0) is 60.8 Å². The first-order chi connectivity index (χ1) is 19.5. The number of nitrogens with zero attached hydrogens (tertiary/aromatic N) is 5. The number of rotatable bonds is 9. The van der Waals surface area contributed by atoms with E-state index in [1.165, 1.54) is 10.4 Å². The highest BCUT2D eigenvalue weighted by Gasteiger charge is 2.25. The molecule has 0 saturated carbocycles. The highest BCUT2D eigenvalue weighted by Crippen LogP contribution is 2.38. The van der Waals surface area contributed by atoms with Gasteiger partial charge in [0.05, 0.1) is 24.2 Å². The summed E-state index contributed by atoms with van der Waals surface area (Å²) in [6.45, 7) is 8.01. The number of hydrogen-bond acceptors (Lipinski definition) is 7. The van der Waals surface area contributed by atoms with Crippen LogP contribution in [0.1, 0.15) is 30.0 Å². The molecule has 1 aromatic carbocycles. The van der Waals surface area contributed by atoms with Gasteiger partial charge in [0.25, 0.3) is 0 Å². The van der Waals surface area contributed by atoms with Crippen molar-refractivity contribution in [3.8, 4) is 0 Å². The van der Waals surface area contributed by atoms with E-state index in [0.29, 0.717) is 25.6 Å². The molecule has 0 atom stereocenters. The van der Waals surface area contributed by atoms with Crippen molar-refractivity contribution in [3.05, 3.63) is 89.5 Å². The molecule has 9 heteroatoms. The lowest BCUT2D eigenvalue weighted by molar-refractivity contribution is -0.126. The Bertz CT molecular complexity index is 1670. The van der Waals surface area contributed by atoms with Gasteiger partial charge in [-0.3, -0.25) is 9.78 Å². The van der Waals surface area contributed by atoms with Crippen LogP contribution in [0, 0.1) is 5.92 Å². The second-order valence-corrected chi connectivity index (χ2v) is 11.6. The van der Waals surface area contributed by atoms with Crippen molar-refractivity contribution in [2.75, 3.05) is 25.0 Å². The number of aromatic nitrogens is 4. The highest BCUT2D eigenvalue weighted by molar-refractivity contribution is 7.19. The van der Waals surface area contributed by atoms with Gasteiger partial charge in [0.15, 0.2) is 0 Å². The minimum absolute atomic E-state index is 0.0576. The van der Waals surface area contributed by atoms with Crippen LogP contribution in [0.25, 0.3) is 21.1 Å². The number of fused-ring (bicyclic) bond motifs is 4. The zero-order valence-electron chi connectivity index (χ0n) is 22.8. The molecule has 1 amide bonds. The third-order valence-corrected chi connectivity index (χ3v) is 8.24. The monoisotopic (exact) mass is 551 g/mol. The summed E-state index contributed by atoms with van der Waals surface area (Å²) in [5.74, 6) is 1.46. The van der Waals surface area contributed by atoms with Gasteiger partial charge in [0, 0.05) is 53.0 Å². The molecule has 1 aliphatic heterocycles. The summed E-state index contributed by atoms with van der Waals surface area (Å²) in [5.41, 5.74) is 4.42. The lowest BCUT2D eigenvalue weighted by Gasteiger charge is -2.26. The molecule has 2 N–H and O–H groups in total. The number of carbonyl (C=O) groups excluding carboxylic acids is 1. The molecular weight excluding hydrogens is 518 g/mol. The van der Waals surface area contributed by atoms with Gasteiger partial charge in [-0.25, -0.2) is 9.97 Å². The van der Waals surface area contributed by atoms with Gasteiger partial charge in [0.1, 0.15) is 17.0 Å². The number of anilines is 2. The molecule has 1 aliphatic rings. The van der Waals surface area contributed by atoms with E-state index < -0.39 is 0 Å². The fourth-order valence-electron chi connectivity index (χ4n) is 5.15. The third kappa shape index (κ3) is 5.61. The maximum atomic E-state index is 12.8. The Morgan fingerprint density at radius 2 is 2.08 bits per heavy atom. The topological polar surface area (TPSA) is 88.0 Å². The molecular formula is C31H33N7OS. The quantitative estimate of drug-likeness (QED) is 0.185. The van der Waals surface area contributed by atoms with Gasteiger partial charge >= 0.3 is 0 Å². The fourth-order valence-corrected chi connectivity index (χ4v) is 6.35. The zero-order chi connectivity index (χ0) is 27.5. The number of benzene rings is 1. The second kappa shape index (κ2) is 11.6. The van der Waals surface area contributed by atoms with Crippen molar-refractivity contribution in [3.63, 3.8) is 0 Å². The third-order valence-electron chi connectivity index (χ3n) is 7.12. The molecule has 0 saturated heterocycles. The smallest absolute Gasteiger partial charge is 0.246 e. The first-order valence-corrected chi connectivity index (χ1v) is 14.5. The van der Waals surface area contributed by atoms with E-state index in [1.807, 2.05) is 35.4 Å². The van der Waals surface area contributed by atoms with Crippen LogP contribution in [-0.4, -0.2) is 50.0 Å². The largest absolute Gasteiger partial charge is 0.341 e. The van der Waals surface area contributed by atoms with Crippen molar-refractivity contribution in [1.82, 2.24) is 29.7 Å². The predicted molar refractivity (Wildman–Crippen MR) is 162 cm³/mol. The van der Waals surface area contributed by atoms with Crippen molar-refractivity contribution < 1.29 is 4.79 Å². The lowest BCUT2D eigenvalue weighted by Crippen LogP contribution is -2.34. The minimum Gasteiger partial charge on any atom is -0.341 e. The van der Waals surface area contributed by atoms with E-state index in [2.05, 4.69) is 74.5 Å². The molecule has 5 aromatic rings. The zero-order valence-corrected chi connectivity index (χ0v) is 23.6. The Hall–Kier alpha value is -4.08. The van der Waals surface area contributed by atoms with Gasteiger partial charge < -0.3 is 20.1 Å². The summed E-state index contributed by atoms with van der Waals surface area (Å²) in [5, 5.41) is 9.11. The Morgan fingerprint density at radius 1 is 1.15 bits per heavy atom. The van der Waals surface area contributed by atoms with Gasteiger partial charge in [-0.15, -0.1) is 11.3 Å². The van der Waals surface area contributed by atoms with E-state index in [1.54, 1.807) is 23.7 Å². The summed E-state index contributed by atoms with van der Waals surface area (Å²) in [6.07, 6.45) is 9.95. The molecule has 40 heavy (non-hydrogen) atoms. The van der Waals surface area contributed by atoms with Crippen molar-refractivity contribution >= 4 is 49.9 Å². The van der Waals surface area contributed by atoms with Crippen LogP contribution in [0.5, 0.6) is 0 Å². The summed E-state index contributed by atoms with van der Waals surface area (Å²) >= 11 is 1.66. The van der Waals surface area contributed by atoms with Gasteiger partial charge in [-0.2, -0.15) is 0 Å². The van der Waals surface area contributed by atoms with Gasteiger partial charge in [-0.1, -0.05) is 26.0 Å². The number of amides is 1. The molecule has 0 aliphatic carbocycles. The number of thiophene rings is 1. The molecule has 0 spiro atoms. The Balaban J connectivity index is 1.18. The molecule has 0 radical (unpaired) electrons. The van der Waals surface area contributed by atoms with E-state index >= 15 is 0 Å². The first-order valence-electron chi connectivity index (χ1n) is 13.7. The second-order valence-electron chi connectivity index (χ2n) is 10.5. The van der Waals surface area contributed by atoms with Crippen LogP contribution in [0.15, 0.2) is 73.3 Å². The van der Waals surface area contributed by atoms with E-state index in [0.717, 1.165) is 57.8 Å². The molecule has 0 bridgehead atoms. The number of nitrogens with one attached hydrogen (secondary N) is 2. The number of carbonyl (C=O) groups is 1. The van der Waals surface area contributed by atoms with Crippen LogP contribution in [-0.2, 0) is 24.3 Å². The summed E-state index contributed by atoms with van der Waals surface area (Å²) < 4.78 is 2.21. The number of hydrogen-bond donors (Lipinski definition) is 2. The summed E-state index contributed by atoms with van der Waals surface area (Å²) in [6, 6.07) is 14.5. The molecule has 5 heterocycles. The van der Waals surface area contributed by atoms with Crippen LogP contribution in [0.2, 0.25) is 0 Å². The Labute approximate surface area is 237 Å². The van der Waals surface area contributed by atoms with E-state index in [4.69, 9.17) is 0 Å². The highest BCUT2D eigenvalue weighted by atomic mass is 32.1. The maximum absolute atomic E-state index is 12.8. The van der Waals surface area contributed by atoms with E-state index in [9.17, 15) is 4.79 Å². The first kappa shape index (κ1) is 26.2. The Morgan fingerprint density at radius 3 is 2.92 bits per heavy atom. The van der Waals surface area contributed by atoms with Crippen molar-refractivity contribution in [2.45, 2.75) is 33.4 Å². The average Bonchev–Trinajstić information content (AvgIpc) is 3.54. The normalized spacial score (nSPS) is 13.5. The molecule has 204 valence electrons. The van der Waals surface area contributed by atoms with Crippen molar-refractivity contribution in [1.29, 1.82) is 0 Å². The van der Waals surface area contributed by atoms with Crippen LogP contribution in [0.3, 0.4) is 0 Å².